The van der Waals surface area contributed by atoms with Crippen molar-refractivity contribution in [1.82, 2.24) is 0 Å². The van der Waals surface area contributed by atoms with Gasteiger partial charge in [-0.15, -0.1) is 0 Å². The van der Waals surface area contributed by atoms with E-state index in [9.17, 15) is 9.59 Å². The van der Waals surface area contributed by atoms with Crippen molar-refractivity contribution < 1.29 is 19.1 Å². The van der Waals surface area contributed by atoms with Crippen LogP contribution in [0, 0.1) is 0 Å². The second-order valence-corrected chi connectivity index (χ2v) is 3.61. The van der Waals surface area contributed by atoms with Crippen molar-refractivity contribution in [3.63, 3.8) is 0 Å². The molecule has 0 bridgehead atoms. The fourth-order valence-electron chi connectivity index (χ4n) is 1.66. The van der Waals surface area contributed by atoms with Crippen LogP contribution in [0.25, 0.3) is 0 Å². The van der Waals surface area contributed by atoms with Crippen LogP contribution >= 0.6 is 0 Å². The Hall–Kier alpha value is -1.84. The molecule has 1 aliphatic rings. The average Bonchev–Trinajstić information content (AvgIpc) is 2.30. The van der Waals surface area contributed by atoms with E-state index >= 15 is 0 Å². The van der Waals surface area contributed by atoms with Crippen LogP contribution in [-0.4, -0.2) is 25.5 Å². The number of fused-ring (bicyclic) bond motifs is 1. The summed E-state index contributed by atoms with van der Waals surface area (Å²) in [5, 5.41) is 0. The molecule has 0 saturated heterocycles. The molecule has 0 amide bonds. The van der Waals surface area contributed by atoms with Gasteiger partial charge in [0.25, 0.3) is 0 Å². The van der Waals surface area contributed by atoms with Crippen LogP contribution in [-0.2, 0) is 16.0 Å². The summed E-state index contributed by atoms with van der Waals surface area (Å²) in [5.41, 5.74) is 1.33. The molecular weight excluding hydrogens is 208 g/mol. The van der Waals surface area contributed by atoms with Gasteiger partial charge in [-0.05, 0) is 17.7 Å². The number of rotatable bonds is 2. The number of benzene rings is 1. The monoisotopic (exact) mass is 220 g/mol. The van der Waals surface area contributed by atoms with E-state index in [0.29, 0.717) is 24.3 Å². The van der Waals surface area contributed by atoms with Crippen molar-refractivity contribution in [3.05, 3.63) is 29.3 Å². The summed E-state index contributed by atoms with van der Waals surface area (Å²) >= 11 is 0. The number of hydrogen-bond donors (Lipinski definition) is 0. The summed E-state index contributed by atoms with van der Waals surface area (Å²) < 4.78 is 9.91. The largest absolute Gasteiger partial charge is 0.492 e. The number of carbonyl (C=O) groups is 2. The molecule has 16 heavy (non-hydrogen) atoms. The Bertz CT molecular complexity index is 437. The zero-order valence-corrected chi connectivity index (χ0v) is 8.99. The molecule has 4 heteroatoms. The quantitative estimate of drug-likeness (QED) is 0.706. The van der Waals surface area contributed by atoms with E-state index in [0.717, 1.165) is 5.56 Å². The van der Waals surface area contributed by atoms with E-state index in [2.05, 4.69) is 4.74 Å². The lowest BCUT2D eigenvalue weighted by molar-refractivity contribution is -0.139. The molecule has 0 N–H and O–H groups in total. The van der Waals surface area contributed by atoms with E-state index in [4.69, 9.17) is 4.74 Å². The molecule has 0 unspecified atom stereocenters. The Balaban J connectivity index is 2.27. The second-order valence-electron chi connectivity index (χ2n) is 3.61. The van der Waals surface area contributed by atoms with Gasteiger partial charge < -0.3 is 9.47 Å². The second kappa shape index (κ2) is 4.35. The molecular formula is C12H12O4. The summed E-state index contributed by atoms with van der Waals surface area (Å²) in [7, 11) is 1.34. The van der Waals surface area contributed by atoms with Gasteiger partial charge in [-0.25, -0.2) is 0 Å². The minimum absolute atomic E-state index is 0.0629. The molecule has 0 spiro atoms. The molecule has 0 aliphatic carbocycles. The normalized spacial score (nSPS) is 13.9. The SMILES string of the molecule is COC(=O)Cc1ccc2c(c1)C(=O)CCO2. The number of Topliss-reactive ketones (excluding diaryl/α,β-unsaturated/α-hetero) is 1. The summed E-state index contributed by atoms with van der Waals surface area (Å²) in [4.78, 5) is 22.7. The smallest absolute Gasteiger partial charge is 0.309 e. The lowest BCUT2D eigenvalue weighted by atomic mass is 10.0. The third kappa shape index (κ3) is 2.05. The van der Waals surface area contributed by atoms with Gasteiger partial charge in [0.1, 0.15) is 5.75 Å². The highest BCUT2D eigenvalue weighted by Gasteiger charge is 2.19. The molecule has 0 fully saturated rings. The molecule has 0 atom stereocenters. The van der Waals surface area contributed by atoms with Crippen molar-refractivity contribution in [2.75, 3.05) is 13.7 Å². The average molecular weight is 220 g/mol. The number of ether oxygens (including phenoxy) is 2. The van der Waals surface area contributed by atoms with Crippen LogP contribution in [0.2, 0.25) is 0 Å². The van der Waals surface area contributed by atoms with E-state index in [1.54, 1.807) is 18.2 Å². The Morgan fingerprint density at radius 3 is 3.06 bits per heavy atom. The Kier molecular flexibility index (Phi) is 2.90. The first-order valence-corrected chi connectivity index (χ1v) is 5.06. The van der Waals surface area contributed by atoms with Crippen LogP contribution in [0.1, 0.15) is 22.3 Å². The minimum Gasteiger partial charge on any atom is -0.492 e. The molecule has 0 radical (unpaired) electrons. The number of carbonyl (C=O) groups excluding carboxylic acids is 2. The minimum atomic E-state index is -0.316. The maximum absolute atomic E-state index is 11.6. The van der Waals surface area contributed by atoms with Crippen molar-refractivity contribution in [1.29, 1.82) is 0 Å². The highest BCUT2D eigenvalue weighted by molar-refractivity contribution is 5.99. The van der Waals surface area contributed by atoms with Crippen molar-refractivity contribution in [3.8, 4) is 5.75 Å². The predicted octanol–water partition coefficient (Wildman–Crippen LogP) is 1.37. The zero-order chi connectivity index (χ0) is 11.5. The molecule has 1 aromatic rings. The van der Waals surface area contributed by atoms with Gasteiger partial charge in [-0.1, -0.05) is 6.07 Å². The number of hydrogen-bond acceptors (Lipinski definition) is 4. The maximum Gasteiger partial charge on any atom is 0.309 e. The Morgan fingerprint density at radius 2 is 2.31 bits per heavy atom. The van der Waals surface area contributed by atoms with E-state index in [1.165, 1.54) is 7.11 Å². The third-order valence-corrected chi connectivity index (χ3v) is 2.51. The fraction of sp³-hybridized carbons (Fsp3) is 0.333. The zero-order valence-electron chi connectivity index (χ0n) is 8.99. The highest BCUT2D eigenvalue weighted by atomic mass is 16.5. The van der Waals surface area contributed by atoms with Gasteiger partial charge in [0, 0.05) is 6.42 Å². The Labute approximate surface area is 93.2 Å². The van der Waals surface area contributed by atoms with Gasteiger partial charge in [-0.3, -0.25) is 9.59 Å². The van der Waals surface area contributed by atoms with Crippen LogP contribution in [0.15, 0.2) is 18.2 Å². The number of esters is 1. The van der Waals surface area contributed by atoms with E-state index in [1.807, 2.05) is 0 Å². The van der Waals surface area contributed by atoms with Crippen molar-refractivity contribution in [2.24, 2.45) is 0 Å². The first-order chi connectivity index (χ1) is 7.70. The molecule has 1 aromatic carbocycles. The summed E-state index contributed by atoms with van der Waals surface area (Å²) in [6.07, 6.45) is 0.575. The molecule has 1 heterocycles. The standard InChI is InChI=1S/C12H12O4/c1-15-12(14)7-8-2-3-11-9(6-8)10(13)4-5-16-11/h2-3,6H,4-5,7H2,1H3. The fourth-order valence-corrected chi connectivity index (χ4v) is 1.66. The first-order valence-electron chi connectivity index (χ1n) is 5.06. The topological polar surface area (TPSA) is 52.6 Å². The van der Waals surface area contributed by atoms with Crippen LogP contribution in [0.4, 0.5) is 0 Å². The molecule has 84 valence electrons. The van der Waals surface area contributed by atoms with Gasteiger partial charge >= 0.3 is 5.97 Å². The lowest BCUT2D eigenvalue weighted by Crippen LogP contribution is -2.16. The first kappa shape index (κ1) is 10.7. The van der Waals surface area contributed by atoms with Crippen molar-refractivity contribution in [2.45, 2.75) is 12.8 Å². The summed E-state index contributed by atoms with van der Waals surface area (Å²) in [6.45, 7) is 0.433. The Morgan fingerprint density at radius 1 is 1.50 bits per heavy atom. The molecule has 4 nitrogen and oxygen atoms in total. The third-order valence-electron chi connectivity index (χ3n) is 2.51. The molecule has 0 aromatic heterocycles. The van der Waals surface area contributed by atoms with Crippen LogP contribution in [0.3, 0.4) is 0 Å². The predicted molar refractivity (Wildman–Crippen MR) is 56.6 cm³/mol. The van der Waals surface area contributed by atoms with Crippen molar-refractivity contribution >= 4 is 11.8 Å². The molecule has 0 saturated carbocycles. The van der Waals surface area contributed by atoms with Gasteiger partial charge in [0.2, 0.25) is 0 Å². The van der Waals surface area contributed by atoms with E-state index in [-0.39, 0.29) is 18.2 Å². The van der Waals surface area contributed by atoms with Crippen LogP contribution in [0.5, 0.6) is 5.75 Å². The number of methoxy groups -OCH3 is 1. The van der Waals surface area contributed by atoms with Gasteiger partial charge in [0.15, 0.2) is 5.78 Å². The molecule has 1 aliphatic heterocycles. The maximum atomic E-state index is 11.6. The lowest BCUT2D eigenvalue weighted by Gasteiger charge is -2.16. The summed E-state index contributed by atoms with van der Waals surface area (Å²) in [6, 6.07) is 5.20. The van der Waals surface area contributed by atoms with E-state index < -0.39 is 0 Å². The highest BCUT2D eigenvalue weighted by Crippen LogP contribution is 2.25. The summed E-state index contributed by atoms with van der Waals surface area (Å²) in [5.74, 6) is 0.349. The van der Waals surface area contributed by atoms with Gasteiger partial charge in [0.05, 0.1) is 25.7 Å². The van der Waals surface area contributed by atoms with Crippen LogP contribution < -0.4 is 4.74 Å². The number of ketones is 1. The molecule has 2 rings (SSSR count). The van der Waals surface area contributed by atoms with Gasteiger partial charge in [-0.2, -0.15) is 0 Å².